The second-order valence-electron chi connectivity index (χ2n) is 7.89. The van der Waals surface area contributed by atoms with Gasteiger partial charge in [-0.15, -0.1) is 11.3 Å². The normalized spacial score (nSPS) is 19.8. The SMILES string of the molecule is CCN(CC)CC(=O)N1CCC(c2c(C(=O)N3CCOCC3)sc3ncccc23)C1. The maximum absolute atomic E-state index is 13.4. The van der Waals surface area contributed by atoms with Gasteiger partial charge in [0.1, 0.15) is 4.83 Å². The molecule has 0 bridgehead atoms. The van der Waals surface area contributed by atoms with E-state index in [2.05, 4.69) is 29.8 Å². The first-order valence-corrected chi connectivity index (χ1v) is 11.7. The molecule has 7 nitrogen and oxygen atoms in total. The number of ether oxygens (including phenoxy) is 1. The lowest BCUT2D eigenvalue weighted by molar-refractivity contribution is -0.131. The van der Waals surface area contributed by atoms with Gasteiger partial charge in [-0.25, -0.2) is 4.98 Å². The molecule has 0 spiro atoms. The number of likely N-dealkylation sites (N-methyl/N-ethyl adjacent to an activating group) is 1. The standard InChI is InChI=1S/C22H30N4O3S/c1-3-24(4-2)15-18(27)26-9-7-16(14-26)19-17-6-5-8-23-21(17)30-20(19)22(28)25-10-12-29-13-11-25/h5-6,8,16H,3-4,7,9-15H2,1-2H3. The summed E-state index contributed by atoms with van der Waals surface area (Å²) in [5, 5.41) is 1.06. The van der Waals surface area contributed by atoms with Crippen LogP contribution in [-0.2, 0) is 9.53 Å². The molecule has 162 valence electrons. The molecule has 1 unspecified atom stereocenters. The molecule has 8 heteroatoms. The Kier molecular flexibility index (Phi) is 6.65. The maximum atomic E-state index is 13.4. The number of carbonyl (C=O) groups is 2. The van der Waals surface area contributed by atoms with Gasteiger partial charge in [0.2, 0.25) is 5.91 Å². The molecule has 0 N–H and O–H groups in total. The van der Waals surface area contributed by atoms with E-state index in [4.69, 9.17) is 4.74 Å². The Morgan fingerprint density at radius 3 is 2.70 bits per heavy atom. The largest absolute Gasteiger partial charge is 0.378 e. The predicted molar refractivity (Wildman–Crippen MR) is 118 cm³/mol. The van der Waals surface area contributed by atoms with E-state index in [0.29, 0.717) is 39.4 Å². The third kappa shape index (κ3) is 4.22. The third-order valence-electron chi connectivity index (χ3n) is 6.20. The summed E-state index contributed by atoms with van der Waals surface area (Å²) in [5.74, 6) is 0.424. The number of morpholine rings is 1. The first-order valence-electron chi connectivity index (χ1n) is 10.9. The van der Waals surface area contributed by atoms with Crippen molar-refractivity contribution in [3.8, 4) is 0 Å². The summed E-state index contributed by atoms with van der Waals surface area (Å²) in [5.41, 5.74) is 1.08. The van der Waals surface area contributed by atoms with E-state index in [9.17, 15) is 9.59 Å². The van der Waals surface area contributed by atoms with Crippen molar-refractivity contribution in [2.45, 2.75) is 26.2 Å². The molecule has 2 saturated heterocycles. The topological polar surface area (TPSA) is 66.0 Å². The molecular formula is C22H30N4O3S. The first kappa shape index (κ1) is 21.2. The highest BCUT2D eigenvalue weighted by Crippen LogP contribution is 2.40. The van der Waals surface area contributed by atoms with Crippen LogP contribution in [0.1, 0.15) is 41.4 Å². The lowest BCUT2D eigenvalue weighted by atomic mass is 9.95. The number of nitrogens with zero attached hydrogens (tertiary/aromatic N) is 4. The van der Waals surface area contributed by atoms with Gasteiger partial charge in [-0.3, -0.25) is 14.5 Å². The number of pyridine rings is 1. The highest BCUT2D eigenvalue weighted by Gasteiger charge is 2.34. The molecule has 4 rings (SSSR count). The Morgan fingerprint density at radius 2 is 1.97 bits per heavy atom. The molecule has 4 heterocycles. The summed E-state index contributed by atoms with van der Waals surface area (Å²) >= 11 is 1.49. The average Bonchev–Trinajstić information content (AvgIpc) is 3.42. The highest BCUT2D eigenvalue weighted by molar-refractivity contribution is 7.20. The maximum Gasteiger partial charge on any atom is 0.264 e. The molecule has 0 aliphatic carbocycles. The zero-order chi connectivity index (χ0) is 21.1. The van der Waals surface area contributed by atoms with Crippen molar-refractivity contribution in [2.75, 3.05) is 59.0 Å². The molecule has 2 fully saturated rings. The third-order valence-corrected chi connectivity index (χ3v) is 7.32. The van der Waals surface area contributed by atoms with Gasteiger partial charge in [-0.1, -0.05) is 19.9 Å². The second kappa shape index (κ2) is 9.41. The number of thiophene rings is 1. The number of fused-ring (bicyclic) bond motifs is 1. The highest BCUT2D eigenvalue weighted by atomic mass is 32.1. The fraction of sp³-hybridized carbons (Fsp3) is 0.591. The van der Waals surface area contributed by atoms with Crippen LogP contribution in [0.25, 0.3) is 10.2 Å². The summed E-state index contributed by atoms with van der Waals surface area (Å²) < 4.78 is 5.41. The fourth-order valence-electron chi connectivity index (χ4n) is 4.39. The van der Waals surface area contributed by atoms with E-state index in [0.717, 1.165) is 46.7 Å². The molecule has 0 saturated carbocycles. The minimum absolute atomic E-state index is 0.0733. The number of aromatic nitrogens is 1. The number of rotatable bonds is 6. The molecule has 0 radical (unpaired) electrons. The van der Waals surface area contributed by atoms with E-state index in [1.54, 1.807) is 6.20 Å². The number of hydrogen-bond donors (Lipinski definition) is 0. The van der Waals surface area contributed by atoms with Crippen molar-refractivity contribution in [1.29, 1.82) is 0 Å². The molecule has 2 aromatic heterocycles. The number of amides is 2. The van der Waals surface area contributed by atoms with Gasteiger partial charge in [0.05, 0.1) is 24.6 Å². The molecule has 2 aromatic rings. The smallest absolute Gasteiger partial charge is 0.264 e. The van der Waals surface area contributed by atoms with Crippen LogP contribution in [0.2, 0.25) is 0 Å². The van der Waals surface area contributed by atoms with Crippen molar-refractivity contribution >= 4 is 33.4 Å². The molecule has 2 aliphatic heterocycles. The van der Waals surface area contributed by atoms with E-state index in [1.807, 2.05) is 15.9 Å². The van der Waals surface area contributed by atoms with Gasteiger partial charge in [0, 0.05) is 43.7 Å². The first-order chi connectivity index (χ1) is 14.6. The van der Waals surface area contributed by atoms with Gasteiger partial charge >= 0.3 is 0 Å². The number of carbonyl (C=O) groups excluding carboxylic acids is 2. The van der Waals surface area contributed by atoms with E-state index in [-0.39, 0.29) is 17.7 Å². The summed E-state index contributed by atoms with van der Waals surface area (Å²) in [6, 6.07) is 3.99. The average molecular weight is 431 g/mol. The van der Waals surface area contributed by atoms with Gasteiger partial charge in [0.15, 0.2) is 0 Å². The van der Waals surface area contributed by atoms with E-state index >= 15 is 0 Å². The molecule has 2 amide bonds. The van der Waals surface area contributed by atoms with Crippen LogP contribution in [0.4, 0.5) is 0 Å². The van der Waals surface area contributed by atoms with Crippen LogP contribution in [0.5, 0.6) is 0 Å². The monoisotopic (exact) mass is 430 g/mol. The molecule has 0 aromatic carbocycles. The molecule has 2 aliphatic rings. The Hall–Kier alpha value is -2.03. The van der Waals surface area contributed by atoms with Crippen LogP contribution in [0.15, 0.2) is 18.3 Å². The van der Waals surface area contributed by atoms with Crippen molar-refractivity contribution in [1.82, 2.24) is 19.7 Å². The Bertz CT molecular complexity index is 905. The number of hydrogen-bond acceptors (Lipinski definition) is 6. The zero-order valence-corrected chi connectivity index (χ0v) is 18.6. The van der Waals surface area contributed by atoms with Crippen LogP contribution < -0.4 is 0 Å². The van der Waals surface area contributed by atoms with Crippen molar-refractivity contribution in [3.05, 3.63) is 28.8 Å². The van der Waals surface area contributed by atoms with E-state index in [1.165, 1.54) is 11.3 Å². The summed E-state index contributed by atoms with van der Waals surface area (Å²) in [4.78, 5) is 38.3. The zero-order valence-electron chi connectivity index (χ0n) is 17.8. The summed E-state index contributed by atoms with van der Waals surface area (Å²) in [6.45, 7) is 10.2. The van der Waals surface area contributed by atoms with Crippen LogP contribution in [-0.4, -0.2) is 90.5 Å². The molecule has 1 atom stereocenters. The van der Waals surface area contributed by atoms with Crippen molar-refractivity contribution in [3.63, 3.8) is 0 Å². The number of likely N-dealkylation sites (tertiary alicyclic amines) is 1. The Morgan fingerprint density at radius 1 is 1.20 bits per heavy atom. The van der Waals surface area contributed by atoms with Crippen molar-refractivity contribution < 1.29 is 14.3 Å². The quantitative estimate of drug-likeness (QED) is 0.704. The molecular weight excluding hydrogens is 400 g/mol. The lowest BCUT2D eigenvalue weighted by Crippen LogP contribution is -2.41. The fourth-order valence-corrected chi connectivity index (χ4v) is 5.58. The Labute approximate surface area is 181 Å². The van der Waals surface area contributed by atoms with E-state index < -0.39 is 0 Å². The van der Waals surface area contributed by atoms with Gasteiger partial charge < -0.3 is 14.5 Å². The molecule has 30 heavy (non-hydrogen) atoms. The second-order valence-corrected chi connectivity index (χ2v) is 8.89. The predicted octanol–water partition coefficient (Wildman–Crippen LogP) is 2.43. The minimum atomic E-state index is 0.0733. The lowest BCUT2D eigenvalue weighted by Gasteiger charge is -2.27. The Balaban J connectivity index is 1.59. The van der Waals surface area contributed by atoms with Crippen LogP contribution in [0, 0.1) is 0 Å². The van der Waals surface area contributed by atoms with Crippen molar-refractivity contribution in [2.24, 2.45) is 0 Å². The van der Waals surface area contributed by atoms with Gasteiger partial charge in [-0.2, -0.15) is 0 Å². The summed E-state index contributed by atoms with van der Waals surface area (Å²) in [7, 11) is 0. The van der Waals surface area contributed by atoms with Crippen LogP contribution in [0.3, 0.4) is 0 Å². The van der Waals surface area contributed by atoms with Gasteiger partial charge in [-0.05, 0) is 31.1 Å². The van der Waals surface area contributed by atoms with Crippen LogP contribution >= 0.6 is 11.3 Å². The summed E-state index contributed by atoms with van der Waals surface area (Å²) in [6.07, 6.45) is 2.66. The van der Waals surface area contributed by atoms with Gasteiger partial charge in [0.25, 0.3) is 5.91 Å². The minimum Gasteiger partial charge on any atom is -0.378 e.